The van der Waals surface area contributed by atoms with Gasteiger partial charge in [-0.25, -0.2) is 3.63 Å². The molecule has 0 aromatic carbocycles. The molecule has 1 heterocycles. The lowest BCUT2D eigenvalue weighted by atomic mass is 10.2. The van der Waals surface area contributed by atoms with Gasteiger partial charge >= 0.3 is 15.6 Å². The lowest BCUT2D eigenvalue weighted by molar-refractivity contribution is -0.0494. The maximum absolute atomic E-state index is 12.2. The topological polar surface area (TPSA) is 55.7 Å². The van der Waals surface area contributed by atoms with Gasteiger partial charge in [0.25, 0.3) is 0 Å². The van der Waals surface area contributed by atoms with Gasteiger partial charge in [-0.3, -0.25) is 4.99 Å². The molecule has 1 rings (SSSR count). The van der Waals surface area contributed by atoms with E-state index < -0.39 is 26.8 Å². The van der Waals surface area contributed by atoms with Gasteiger partial charge in [-0.1, -0.05) is 30.9 Å². The van der Waals surface area contributed by atoms with Crippen LogP contribution in [0.2, 0.25) is 0 Å². The molecule has 0 saturated heterocycles. The third-order valence-electron chi connectivity index (χ3n) is 2.36. The first-order valence-electron chi connectivity index (χ1n) is 5.59. The van der Waals surface area contributed by atoms with E-state index >= 15 is 0 Å². The first kappa shape index (κ1) is 15.8. The van der Waals surface area contributed by atoms with Gasteiger partial charge in [0.1, 0.15) is 0 Å². The second-order valence-electron chi connectivity index (χ2n) is 3.83. The number of nitrogens with zero attached hydrogens (tertiary/aromatic N) is 1. The molecule has 18 heavy (non-hydrogen) atoms. The molecule has 0 aromatic heterocycles. The molecule has 0 amide bonds. The van der Waals surface area contributed by atoms with Gasteiger partial charge in [0.2, 0.25) is 0 Å². The van der Waals surface area contributed by atoms with E-state index in [-0.39, 0.29) is 5.75 Å². The molecule has 0 spiro atoms. The van der Waals surface area contributed by atoms with Crippen molar-refractivity contribution in [1.29, 1.82) is 0 Å². The number of halogens is 3. The molecule has 1 atom stereocenters. The summed E-state index contributed by atoms with van der Waals surface area (Å²) in [5, 5.41) is 0.492. The molecule has 0 aromatic rings. The lowest BCUT2D eigenvalue weighted by Gasteiger charge is -2.18. The minimum Gasteiger partial charge on any atom is -0.282 e. The van der Waals surface area contributed by atoms with E-state index in [2.05, 4.69) is 8.62 Å². The predicted octanol–water partition coefficient (Wildman–Crippen LogP) is 2.76. The van der Waals surface area contributed by atoms with Gasteiger partial charge < -0.3 is 0 Å². The van der Waals surface area contributed by atoms with Crippen molar-refractivity contribution in [3.63, 3.8) is 0 Å². The summed E-state index contributed by atoms with van der Waals surface area (Å²) in [6, 6.07) is 0. The van der Waals surface area contributed by atoms with E-state index in [1.807, 2.05) is 6.92 Å². The van der Waals surface area contributed by atoms with Crippen molar-refractivity contribution in [2.45, 2.75) is 38.1 Å². The van der Waals surface area contributed by atoms with Gasteiger partial charge in [-0.15, -0.1) is 0 Å². The molecule has 0 N–H and O–H groups in total. The number of aliphatic imine (C=N–C) groups is 1. The van der Waals surface area contributed by atoms with Crippen LogP contribution in [0.5, 0.6) is 0 Å². The molecule has 0 radical (unpaired) electrons. The van der Waals surface area contributed by atoms with Crippen LogP contribution in [0.1, 0.15) is 32.6 Å². The quantitative estimate of drug-likeness (QED) is 0.466. The minimum absolute atomic E-state index is 0.256. The van der Waals surface area contributed by atoms with Crippen molar-refractivity contribution in [3.05, 3.63) is 0 Å². The van der Waals surface area contributed by atoms with Crippen molar-refractivity contribution in [1.82, 2.24) is 0 Å². The van der Waals surface area contributed by atoms with Crippen molar-refractivity contribution >= 4 is 26.3 Å². The Kier molecular flexibility index (Phi) is 5.47. The summed E-state index contributed by atoms with van der Waals surface area (Å²) in [6.07, 6.45) is 3.23. The van der Waals surface area contributed by atoms with Crippen LogP contribution in [0, 0.1) is 0 Å². The molecule has 0 bridgehead atoms. The monoisotopic (exact) mass is 307 g/mol. The fourth-order valence-corrected chi connectivity index (χ4v) is 4.59. The zero-order valence-electron chi connectivity index (χ0n) is 9.90. The van der Waals surface area contributed by atoms with Crippen LogP contribution in [-0.2, 0) is 13.7 Å². The summed E-state index contributed by atoms with van der Waals surface area (Å²) in [5.41, 5.74) is -5.35. The maximum atomic E-state index is 12.2. The van der Waals surface area contributed by atoms with Gasteiger partial charge in [-0.05, 0) is 12.8 Å². The number of rotatable bonds is 6. The second kappa shape index (κ2) is 6.25. The molecule has 1 unspecified atom stereocenters. The minimum atomic E-state index is -5.50. The Morgan fingerprint density at radius 1 is 1.39 bits per heavy atom. The molecule has 108 valence electrons. The zero-order valence-corrected chi connectivity index (χ0v) is 11.6. The average Bonchev–Trinajstić information content (AvgIpc) is 2.64. The summed E-state index contributed by atoms with van der Waals surface area (Å²) in [5.74, 6) is 0.256. The summed E-state index contributed by atoms with van der Waals surface area (Å²) in [7, 11) is -5.50. The predicted molar refractivity (Wildman–Crippen MR) is 66.4 cm³/mol. The number of unbranched alkanes of at least 4 members (excludes halogenated alkanes) is 2. The summed E-state index contributed by atoms with van der Waals surface area (Å²) in [6.45, 7) is 2.35. The Hall–Kier alpha value is -0.280. The Balaban J connectivity index is 2.60. The highest BCUT2D eigenvalue weighted by molar-refractivity contribution is 8.29. The highest BCUT2D eigenvalue weighted by Crippen LogP contribution is 2.41. The number of hydrogen-bond acceptors (Lipinski definition) is 4. The van der Waals surface area contributed by atoms with Crippen LogP contribution in [0.25, 0.3) is 0 Å². The third kappa shape index (κ3) is 4.13. The Morgan fingerprint density at radius 3 is 2.61 bits per heavy atom. The van der Waals surface area contributed by atoms with Gasteiger partial charge in [0.05, 0.1) is 5.04 Å². The summed E-state index contributed by atoms with van der Waals surface area (Å²) in [4.78, 5) is 4.04. The molecule has 1 aliphatic heterocycles. The molecule has 0 fully saturated rings. The largest absolute Gasteiger partial charge is 0.523 e. The van der Waals surface area contributed by atoms with E-state index in [4.69, 9.17) is 0 Å². The van der Waals surface area contributed by atoms with Crippen LogP contribution >= 0.6 is 11.2 Å². The average molecular weight is 307 g/mol. The van der Waals surface area contributed by atoms with Crippen molar-refractivity contribution < 1.29 is 25.2 Å². The van der Waals surface area contributed by atoms with Gasteiger partial charge in [0.15, 0.2) is 0 Å². The van der Waals surface area contributed by atoms with Gasteiger partial charge in [-0.2, -0.15) is 21.6 Å². The van der Waals surface area contributed by atoms with Crippen molar-refractivity contribution in [2.75, 3.05) is 12.3 Å². The number of alkyl halides is 3. The molecule has 0 saturated carbocycles. The molecular weight excluding hydrogens is 291 g/mol. The van der Waals surface area contributed by atoms with Crippen LogP contribution in [-0.4, -0.2) is 31.3 Å². The van der Waals surface area contributed by atoms with Crippen LogP contribution < -0.4 is 0 Å². The van der Waals surface area contributed by atoms with Crippen LogP contribution in [0.3, 0.4) is 0 Å². The Bertz CT molecular complexity index is 406. The summed E-state index contributed by atoms with van der Waals surface area (Å²) >= 11 is -1.74. The smallest absolute Gasteiger partial charge is 0.282 e. The van der Waals surface area contributed by atoms with E-state index in [0.29, 0.717) is 18.0 Å². The third-order valence-corrected chi connectivity index (χ3v) is 5.98. The van der Waals surface area contributed by atoms with Crippen LogP contribution in [0.4, 0.5) is 13.2 Å². The molecule has 1 aliphatic rings. The van der Waals surface area contributed by atoms with E-state index in [1.165, 1.54) is 0 Å². The van der Waals surface area contributed by atoms with Crippen molar-refractivity contribution in [3.8, 4) is 0 Å². The normalized spacial score (nSPS) is 23.1. The SMILES string of the molecule is CCCCCC1=NCC[SH]1OS(=O)(=O)C(F)(F)F. The fraction of sp³-hybridized carbons (Fsp3) is 0.889. The van der Waals surface area contributed by atoms with Gasteiger partial charge in [0, 0.05) is 12.3 Å². The Labute approximate surface area is 107 Å². The molecule has 0 aliphatic carbocycles. The zero-order chi connectivity index (χ0) is 13.8. The first-order valence-corrected chi connectivity index (χ1v) is 8.45. The van der Waals surface area contributed by atoms with E-state index in [9.17, 15) is 21.6 Å². The first-order chi connectivity index (χ1) is 8.28. The maximum Gasteiger partial charge on any atom is 0.523 e. The number of thiol groups is 1. The lowest BCUT2D eigenvalue weighted by Crippen LogP contribution is -2.25. The standard InChI is InChI=1S/C9H16F3NO3S2/c1-2-3-4-5-8-13-6-7-17(8)16-18(14,15)9(10,11)12/h17H,2-7H2,1H3. The van der Waals surface area contributed by atoms with E-state index in [1.54, 1.807) is 0 Å². The highest BCUT2D eigenvalue weighted by Gasteiger charge is 2.49. The van der Waals surface area contributed by atoms with Crippen molar-refractivity contribution in [2.24, 2.45) is 4.99 Å². The molecule has 4 nitrogen and oxygen atoms in total. The highest BCUT2D eigenvalue weighted by atomic mass is 32.3. The van der Waals surface area contributed by atoms with Crippen LogP contribution in [0.15, 0.2) is 4.99 Å². The summed E-state index contributed by atoms with van der Waals surface area (Å²) < 4.78 is 62.6. The molecular formula is C9H16F3NO3S2. The number of hydrogen-bond donors (Lipinski definition) is 1. The molecule has 9 heteroatoms. The Morgan fingerprint density at radius 2 is 2.06 bits per heavy atom. The fourth-order valence-electron chi connectivity index (χ4n) is 1.46. The second-order valence-corrected chi connectivity index (χ2v) is 7.52. The van der Waals surface area contributed by atoms with E-state index in [0.717, 1.165) is 19.3 Å².